The van der Waals surface area contributed by atoms with E-state index in [1.165, 1.54) is 23.5 Å². The first kappa shape index (κ1) is 18.9. The van der Waals surface area contributed by atoms with Crippen molar-refractivity contribution in [3.8, 4) is 26.7 Å². The molecule has 0 amide bonds. The number of hydrogen-bond donors (Lipinski definition) is 1. The Morgan fingerprint density at radius 3 is 2.46 bits per heavy atom. The van der Waals surface area contributed by atoms with E-state index in [9.17, 15) is 9.50 Å². The molecule has 0 aliphatic rings. The average molecular weight is 413 g/mol. The fourth-order valence-corrected chi connectivity index (χ4v) is 4.15. The Balaban J connectivity index is 1.86. The fourth-order valence-electron chi connectivity index (χ4n) is 2.94. The minimum atomic E-state index is -1.09. The minimum absolute atomic E-state index is 0.266. The highest BCUT2D eigenvalue weighted by Crippen LogP contribution is 2.38. The van der Waals surface area contributed by atoms with Crippen molar-refractivity contribution in [1.29, 1.82) is 0 Å². The Morgan fingerprint density at radius 2 is 1.75 bits per heavy atom. The van der Waals surface area contributed by atoms with Crippen LogP contribution in [0.3, 0.4) is 0 Å². The first-order chi connectivity index (χ1) is 13.3. The summed E-state index contributed by atoms with van der Waals surface area (Å²) < 4.78 is 15.3. The second-order valence-electron chi connectivity index (χ2n) is 7.01. The Bertz CT molecular complexity index is 1140. The number of nitrogens with zero attached hydrogens (tertiary/aromatic N) is 2. The van der Waals surface area contributed by atoms with Gasteiger partial charge in [-0.15, -0.1) is 11.3 Å². The molecule has 3 nitrogen and oxygen atoms in total. The number of thiophene rings is 1. The molecule has 142 valence electrons. The zero-order valence-corrected chi connectivity index (χ0v) is 16.9. The normalized spacial score (nSPS) is 11.8. The molecule has 4 aromatic rings. The molecule has 6 heteroatoms. The van der Waals surface area contributed by atoms with Crippen molar-refractivity contribution in [2.75, 3.05) is 0 Å². The van der Waals surface area contributed by atoms with Gasteiger partial charge in [0.25, 0.3) is 0 Å². The van der Waals surface area contributed by atoms with E-state index >= 15 is 0 Å². The molecule has 0 saturated heterocycles. The number of para-hydroxylation sites is 1. The van der Waals surface area contributed by atoms with Gasteiger partial charge < -0.3 is 5.11 Å². The predicted molar refractivity (Wildman–Crippen MR) is 113 cm³/mol. The summed E-state index contributed by atoms with van der Waals surface area (Å²) in [7, 11) is 0. The zero-order valence-electron chi connectivity index (χ0n) is 15.4. The first-order valence-electron chi connectivity index (χ1n) is 8.77. The van der Waals surface area contributed by atoms with E-state index < -0.39 is 5.60 Å². The Hall–Kier alpha value is -2.47. The summed E-state index contributed by atoms with van der Waals surface area (Å²) in [6.07, 6.45) is 0. The largest absolute Gasteiger partial charge is 0.384 e. The summed E-state index contributed by atoms with van der Waals surface area (Å²) in [5.74, 6) is -0.266. The van der Waals surface area contributed by atoms with Crippen molar-refractivity contribution in [3.05, 3.63) is 83.3 Å². The minimum Gasteiger partial charge on any atom is -0.384 e. The van der Waals surface area contributed by atoms with Gasteiger partial charge >= 0.3 is 0 Å². The average Bonchev–Trinajstić information content (AvgIpc) is 3.29. The van der Waals surface area contributed by atoms with Gasteiger partial charge in [-0.1, -0.05) is 35.9 Å². The van der Waals surface area contributed by atoms with Gasteiger partial charge in [0.2, 0.25) is 0 Å². The van der Waals surface area contributed by atoms with Crippen LogP contribution in [0.15, 0.2) is 66.7 Å². The molecule has 4 rings (SSSR count). The van der Waals surface area contributed by atoms with Crippen LogP contribution in [0.2, 0.25) is 5.02 Å². The number of aliphatic hydroxyl groups is 1. The topological polar surface area (TPSA) is 38.0 Å². The number of halogens is 2. The SMILES string of the molecule is CC(C)(O)c1cc(-c2ccc(-c3cccc(F)c3)s2)n(-c2ccccc2Cl)n1. The molecule has 2 aromatic heterocycles. The van der Waals surface area contributed by atoms with E-state index in [1.54, 1.807) is 30.7 Å². The molecule has 2 heterocycles. The molecule has 0 radical (unpaired) electrons. The monoisotopic (exact) mass is 412 g/mol. The Labute approximate surface area is 171 Å². The lowest BCUT2D eigenvalue weighted by Crippen LogP contribution is -2.16. The van der Waals surface area contributed by atoms with E-state index in [2.05, 4.69) is 5.10 Å². The number of benzene rings is 2. The van der Waals surface area contributed by atoms with Crippen LogP contribution in [0.5, 0.6) is 0 Å². The lowest BCUT2D eigenvalue weighted by atomic mass is 10.1. The van der Waals surface area contributed by atoms with Gasteiger partial charge in [0.05, 0.1) is 27.0 Å². The molecule has 2 aromatic carbocycles. The van der Waals surface area contributed by atoms with Crippen molar-refractivity contribution in [2.24, 2.45) is 0 Å². The zero-order chi connectivity index (χ0) is 19.9. The molecule has 0 unspecified atom stereocenters. The highest BCUT2D eigenvalue weighted by molar-refractivity contribution is 7.18. The molecule has 0 bridgehead atoms. The lowest BCUT2D eigenvalue weighted by Gasteiger charge is -2.13. The molecular weight excluding hydrogens is 395 g/mol. The summed E-state index contributed by atoms with van der Waals surface area (Å²) in [6.45, 7) is 3.39. The standard InChI is InChI=1S/C22H18ClFN2OS/c1-22(2,27)21-13-18(26(25-21)17-9-4-3-8-16(17)23)20-11-10-19(28-20)14-6-5-7-15(24)12-14/h3-13,27H,1-2H3. The van der Waals surface area contributed by atoms with Crippen molar-refractivity contribution < 1.29 is 9.50 Å². The quantitative estimate of drug-likeness (QED) is 0.428. The van der Waals surface area contributed by atoms with Crippen molar-refractivity contribution in [1.82, 2.24) is 9.78 Å². The van der Waals surface area contributed by atoms with E-state index in [1.807, 2.05) is 42.5 Å². The van der Waals surface area contributed by atoms with Crippen LogP contribution in [0.1, 0.15) is 19.5 Å². The van der Waals surface area contributed by atoms with Crippen LogP contribution in [0.4, 0.5) is 4.39 Å². The smallest absolute Gasteiger partial charge is 0.123 e. The Morgan fingerprint density at radius 1 is 1.00 bits per heavy atom. The van der Waals surface area contributed by atoms with Crippen molar-refractivity contribution in [3.63, 3.8) is 0 Å². The molecular formula is C22H18ClFN2OS. The van der Waals surface area contributed by atoms with Crippen LogP contribution >= 0.6 is 22.9 Å². The molecule has 0 saturated carbocycles. The molecule has 0 fully saturated rings. The summed E-state index contributed by atoms with van der Waals surface area (Å²) in [4.78, 5) is 1.90. The summed E-state index contributed by atoms with van der Waals surface area (Å²) in [5, 5.41) is 15.6. The van der Waals surface area contributed by atoms with Crippen molar-refractivity contribution in [2.45, 2.75) is 19.4 Å². The van der Waals surface area contributed by atoms with Crippen LogP contribution in [-0.4, -0.2) is 14.9 Å². The van der Waals surface area contributed by atoms with Gasteiger partial charge in [-0.25, -0.2) is 9.07 Å². The van der Waals surface area contributed by atoms with E-state index in [-0.39, 0.29) is 5.82 Å². The van der Waals surface area contributed by atoms with Gasteiger partial charge in [0.15, 0.2) is 0 Å². The van der Waals surface area contributed by atoms with Crippen molar-refractivity contribution >= 4 is 22.9 Å². The van der Waals surface area contributed by atoms with Gasteiger partial charge in [0, 0.05) is 4.88 Å². The number of aromatic nitrogens is 2. The summed E-state index contributed by atoms with van der Waals surface area (Å²) >= 11 is 7.93. The van der Waals surface area contributed by atoms with E-state index in [0.29, 0.717) is 10.7 Å². The van der Waals surface area contributed by atoms with Gasteiger partial charge in [-0.2, -0.15) is 5.10 Å². The first-order valence-corrected chi connectivity index (χ1v) is 9.96. The third-order valence-electron chi connectivity index (χ3n) is 4.38. The second kappa shape index (κ2) is 7.17. The third-order valence-corrected chi connectivity index (χ3v) is 5.86. The number of rotatable bonds is 4. The van der Waals surface area contributed by atoms with E-state index in [4.69, 9.17) is 11.6 Å². The van der Waals surface area contributed by atoms with Crippen LogP contribution < -0.4 is 0 Å². The lowest BCUT2D eigenvalue weighted by molar-refractivity contribution is 0.0734. The summed E-state index contributed by atoms with van der Waals surface area (Å²) in [5.41, 5.74) is 1.82. The van der Waals surface area contributed by atoms with Gasteiger partial charge in [0.1, 0.15) is 11.4 Å². The number of hydrogen-bond acceptors (Lipinski definition) is 3. The van der Waals surface area contributed by atoms with Crippen LogP contribution in [0.25, 0.3) is 26.7 Å². The highest BCUT2D eigenvalue weighted by Gasteiger charge is 2.24. The van der Waals surface area contributed by atoms with Gasteiger partial charge in [-0.3, -0.25) is 0 Å². The molecule has 0 aliphatic carbocycles. The molecule has 0 spiro atoms. The fraction of sp³-hybridized carbons (Fsp3) is 0.136. The van der Waals surface area contributed by atoms with E-state index in [0.717, 1.165) is 26.7 Å². The molecule has 0 atom stereocenters. The van der Waals surface area contributed by atoms with Crippen LogP contribution in [0, 0.1) is 5.82 Å². The predicted octanol–water partition coefficient (Wildman–Crippen LogP) is 6.29. The van der Waals surface area contributed by atoms with Crippen LogP contribution in [-0.2, 0) is 5.60 Å². The molecule has 0 aliphatic heterocycles. The van der Waals surface area contributed by atoms with Gasteiger partial charge in [-0.05, 0) is 61.9 Å². The second-order valence-corrected chi connectivity index (χ2v) is 8.50. The molecule has 28 heavy (non-hydrogen) atoms. The Kier molecular flexibility index (Phi) is 4.83. The molecule has 1 N–H and O–H groups in total. The maximum absolute atomic E-state index is 13.6. The highest BCUT2D eigenvalue weighted by atomic mass is 35.5. The summed E-state index contributed by atoms with van der Waals surface area (Å²) in [6, 6.07) is 19.8. The third kappa shape index (κ3) is 3.61. The maximum Gasteiger partial charge on any atom is 0.123 e. The maximum atomic E-state index is 13.6.